The molecule has 0 bridgehead atoms. The number of aromatic hydroxyl groups is 1. The summed E-state index contributed by atoms with van der Waals surface area (Å²) in [6, 6.07) is 8.45. The standard InChI is InChI=1S/C21H23N3O6/c1-11-18(20(26)23-14-7-6-13(28-2)10-16(14)29-3)19(24-21(27)22-11)12-5-8-15(25)17(9-12)30-4/h5-10,19,25H,1-4H3,(H,23,26)(H2,22,24,27). The predicted octanol–water partition coefficient (Wildman–Crippen LogP) is 2.68. The Balaban J connectivity index is 1.98. The summed E-state index contributed by atoms with van der Waals surface area (Å²) >= 11 is 0. The van der Waals surface area contributed by atoms with Gasteiger partial charge in [0.25, 0.3) is 5.91 Å². The normalized spacial score (nSPS) is 15.7. The first kappa shape index (κ1) is 20.8. The number of phenols is 1. The van der Waals surface area contributed by atoms with E-state index in [0.29, 0.717) is 34.0 Å². The van der Waals surface area contributed by atoms with Crippen LogP contribution in [0.4, 0.5) is 10.5 Å². The third kappa shape index (κ3) is 4.09. The van der Waals surface area contributed by atoms with Crippen molar-refractivity contribution in [2.45, 2.75) is 13.0 Å². The predicted molar refractivity (Wildman–Crippen MR) is 110 cm³/mol. The average Bonchev–Trinajstić information content (AvgIpc) is 2.73. The highest BCUT2D eigenvalue weighted by molar-refractivity contribution is 6.07. The zero-order chi connectivity index (χ0) is 21.8. The maximum Gasteiger partial charge on any atom is 0.319 e. The van der Waals surface area contributed by atoms with Crippen LogP contribution in [-0.4, -0.2) is 38.4 Å². The van der Waals surface area contributed by atoms with Crippen LogP contribution in [-0.2, 0) is 4.79 Å². The molecule has 1 aliphatic rings. The monoisotopic (exact) mass is 413 g/mol. The summed E-state index contributed by atoms with van der Waals surface area (Å²) in [5.74, 6) is 0.767. The van der Waals surface area contributed by atoms with E-state index < -0.39 is 18.0 Å². The van der Waals surface area contributed by atoms with Crippen molar-refractivity contribution in [3.8, 4) is 23.0 Å². The zero-order valence-corrected chi connectivity index (χ0v) is 17.0. The van der Waals surface area contributed by atoms with Gasteiger partial charge in [0.2, 0.25) is 0 Å². The first-order valence-electron chi connectivity index (χ1n) is 9.06. The maximum atomic E-state index is 13.2. The maximum absolute atomic E-state index is 13.2. The van der Waals surface area contributed by atoms with E-state index >= 15 is 0 Å². The fourth-order valence-electron chi connectivity index (χ4n) is 3.21. The second-order valence-corrected chi connectivity index (χ2v) is 6.52. The summed E-state index contributed by atoms with van der Waals surface area (Å²) in [6.07, 6.45) is 0. The van der Waals surface area contributed by atoms with Crippen LogP contribution in [0, 0.1) is 0 Å². The number of carbonyl (C=O) groups excluding carboxylic acids is 2. The summed E-state index contributed by atoms with van der Waals surface area (Å²) in [5, 5.41) is 18.0. The van der Waals surface area contributed by atoms with Gasteiger partial charge in [-0.2, -0.15) is 0 Å². The van der Waals surface area contributed by atoms with Crippen molar-refractivity contribution in [2.75, 3.05) is 26.6 Å². The Labute approximate surface area is 173 Å². The molecule has 4 N–H and O–H groups in total. The Kier molecular flexibility index (Phi) is 6.01. The number of allylic oxidation sites excluding steroid dienone is 1. The lowest BCUT2D eigenvalue weighted by Gasteiger charge is -2.29. The van der Waals surface area contributed by atoms with Crippen molar-refractivity contribution in [1.29, 1.82) is 0 Å². The van der Waals surface area contributed by atoms with Gasteiger partial charge in [-0.1, -0.05) is 6.07 Å². The van der Waals surface area contributed by atoms with Crippen molar-refractivity contribution in [3.05, 3.63) is 53.2 Å². The minimum absolute atomic E-state index is 0.0452. The fourth-order valence-corrected chi connectivity index (χ4v) is 3.21. The minimum atomic E-state index is -0.752. The van der Waals surface area contributed by atoms with Gasteiger partial charge in [0.1, 0.15) is 11.5 Å². The molecule has 1 heterocycles. The summed E-state index contributed by atoms with van der Waals surface area (Å²) in [4.78, 5) is 25.3. The van der Waals surface area contributed by atoms with Crippen LogP contribution < -0.4 is 30.2 Å². The summed E-state index contributed by atoms with van der Waals surface area (Å²) in [7, 11) is 4.45. The van der Waals surface area contributed by atoms with E-state index in [9.17, 15) is 14.7 Å². The molecule has 3 rings (SSSR count). The van der Waals surface area contributed by atoms with Gasteiger partial charge in [-0.15, -0.1) is 0 Å². The minimum Gasteiger partial charge on any atom is -0.504 e. The Morgan fingerprint density at radius 2 is 1.77 bits per heavy atom. The van der Waals surface area contributed by atoms with Crippen LogP contribution in [0.1, 0.15) is 18.5 Å². The summed E-state index contributed by atoms with van der Waals surface area (Å²) in [5.41, 5.74) is 1.73. The van der Waals surface area contributed by atoms with Gasteiger partial charge in [0.15, 0.2) is 11.5 Å². The summed E-state index contributed by atoms with van der Waals surface area (Å²) in [6.45, 7) is 1.64. The highest BCUT2D eigenvalue weighted by atomic mass is 16.5. The molecule has 158 valence electrons. The summed E-state index contributed by atoms with van der Waals surface area (Å²) < 4.78 is 15.7. The molecule has 9 heteroatoms. The molecule has 30 heavy (non-hydrogen) atoms. The first-order chi connectivity index (χ1) is 14.4. The van der Waals surface area contributed by atoms with E-state index in [0.717, 1.165) is 0 Å². The van der Waals surface area contributed by atoms with Crippen LogP contribution in [0.15, 0.2) is 47.7 Å². The Bertz CT molecular complexity index is 1020. The molecule has 1 atom stereocenters. The molecule has 3 amide bonds. The van der Waals surface area contributed by atoms with E-state index in [-0.39, 0.29) is 11.5 Å². The largest absolute Gasteiger partial charge is 0.504 e. The van der Waals surface area contributed by atoms with E-state index in [1.54, 1.807) is 37.3 Å². The third-order valence-electron chi connectivity index (χ3n) is 4.71. The Hall–Kier alpha value is -3.88. The lowest BCUT2D eigenvalue weighted by Crippen LogP contribution is -2.46. The van der Waals surface area contributed by atoms with E-state index in [4.69, 9.17) is 14.2 Å². The SMILES string of the molecule is COc1ccc(NC(=O)C2=C(C)NC(=O)NC2c2ccc(O)c(OC)c2)c(OC)c1. The van der Waals surface area contributed by atoms with Crippen molar-refractivity contribution >= 4 is 17.6 Å². The highest BCUT2D eigenvalue weighted by Gasteiger charge is 2.32. The molecular formula is C21H23N3O6. The van der Waals surface area contributed by atoms with E-state index in [1.165, 1.54) is 27.4 Å². The second kappa shape index (κ2) is 8.64. The molecule has 0 saturated carbocycles. The van der Waals surface area contributed by atoms with Gasteiger partial charge in [-0.3, -0.25) is 4.79 Å². The lowest BCUT2D eigenvalue weighted by molar-refractivity contribution is -0.113. The van der Waals surface area contributed by atoms with Crippen LogP contribution in [0.2, 0.25) is 0 Å². The number of amides is 3. The van der Waals surface area contributed by atoms with Gasteiger partial charge in [-0.25, -0.2) is 4.79 Å². The topological polar surface area (TPSA) is 118 Å². The third-order valence-corrected chi connectivity index (χ3v) is 4.71. The number of carbonyl (C=O) groups is 2. The van der Waals surface area contributed by atoms with Crippen molar-refractivity contribution in [2.24, 2.45) is 0 Å². The van der Waals surface area contributed by atoms with Gasteiger partial charge in [0, 0.05) is 11.8 Å². The molecule has 2 aromatic carbocycles. The molecule has 0 aromatic heterocycles. The van der Waals surface area contributed by atoms with E-state index in [1.807, 2.05) is 0 Å². The number of ether oxygens (including phenoxy) is 3. The van der Waals surface area contributed by atoms with Crippen molar-refractivity contribution in [3.63, 3.8) is 0 Å². The molecule has 0 aliphatic carbocycles. The molecular weight excluding hydrogens is 390 g/mol. The van der Waals surface area contributed by atoms with Crippen LogP contribution in [0.3, 0.4) is 0 Å². The van der Waals surface area contributed by atoms with Crippen LogP contribution >= 0.6 is 0 Å². The second-order valence-electron chi connectivity index (χ2n) is 6.52. The number of phenolic OH excluding ortho intramolecular Hbond substituents is 1. The molecule has 9 nitrogen and oxygen atoms in total. The van der Waals surface area contributed by atoms with Crippen LogP contribution in [0.5, 0.6) is 23.0 Å². The van der Waals surface area contributed by atoms with Crippen LogP contribution in [0.25, 0.3) is 0 Å². The number of hydrogen-bond donors (Lipinski definition) is 4. The smallest absolute Gasteiger partial charge is 0.319 e. The van der Waals surface area contributed by atoms with Crippen molar-refractivity contribution < 1.29 is 28.9 Å². The first-order valence-corrected chi connectivity index (χ1v) is 9.06. The Morgan fingerprint density at radius 3 is 2.43 bits per heavy atom. The van der Waals surface area contributed by atoms with Crippen molar-refractivity contribution in [1.82, 2.24) is 10.6 Å². The average molecular weight is 413 g/mol. The van der Waals surface area contributed by atoms with Gasteiger partial charge >= 0.3 is 6.03 Å². The number of nitrogens with one attached hydrogen (secondary N) is 3. The molecule has 0 spiro atoms. The number of methoxy groups -OCH3 is 3. The van der Waals surface area contributed by atoms with Gasteiger partial charge < -0.3 is 35.3 Å². The number of rotatable bonds is 6. The number of hydrogen-bond acceptors (Lipinski definition) is 6. The van der Waals surface area contributed by atoms with Gasteiger partial charge in [0.05, 0.1) is 38.6 Å². The Morgan fingerprint density at radius 1 is 1.03 bits per heavy atom. The lowest BCUT2D eigenvalue weighted by atomic mass is 9.94. The molecule has 0 saturated heterocycles. The van der Waals surface area contributed by atoms with Gasteiger partial charge in [-0.05, 0) is 36.8 Å². The molecule has 0 radical (unpaired) electrons. The molecule has 2 aromatic rings. The number of anilines is 1. The number of urea groups is 1. The van der Waals surface area contributed by atoms with E-state index in [2.05, 4.69) is 16.0 Å². The number of benzene rings is 2. The quantitative estimate of drug-likeness (QED) is 0.578. The fraction of sp³-hybridized carbons (Fsp3) is 0.238. The zero-order valence-electron chi connectivity index (χ0n) is 17.0. The highest BCUT2D eigenvalue weighted by Crippen LogP contribution is 2.35. The molecule has 0 fully saturated rings. The molecule has 1 aliphatic heterocycles. The molecule has 1 unspecified atom stereocenters.